The minimum atomic E-state index is -0.0762. The monoisotopic (exact) mass is 389 g/mol. The first-order valence-electron chi connectivity index (χ1n) is 10.1. The van der Waals surface area contributed by atoms with Crippen molar-refractivity contribution >= 4 is 22.5 Å². The maximum atomic E-state index is 13.2. The Morgan fingerprint density at radius 1 is 1.24 bits per heavy atom. The molecule has 3 heterocycles. The van der Waals surface area contributed by atoms with Gasteiger partial charge in [-0.15, -0.1) is 5.10 Å². The van der Waals surface area contributed by atoms with Gasteiger partial charge in [0.2, 0.25) is 0 Å². The van der Waals surface area contributed by atoms with Gasteiger partial charge < -0.3 is 9.32 Å². The van der Waals surface area contributed by atoms with Crippen molar-refractivity contribution in [2.24, 2.45) is 0 Å². The SMILES string of the molecule is Cc1ccc2cc(CN(C(=O)c3ccco3)C3CCCC3)c3nnnn3c2c1C. The molecule has 0 atom stereocenters. The molecule has 1 fully saturated rings. The maximum absolute atomic E-state index is 13.2. The van der Waals surface area contributed by atoms with E-state index >= 15 is 0 Å². The fraction of sp³-hybridized carbons (Fsp3) is 0.364. The predicted octanol–water partition coefficient (Wildman–Crippen LogP) is 4.07. The summed E-state index contributed by atoms with van der Waals surface area (Å²) in [5.74, 6) is 0.299. The summed E-state index contributed by atoms with van der Waals surface area (Å²) in [6.07, 6.45) is 5.86. The molecule has 0 aliphatic heterocycles. The zero-order valence-electron chi connectivity index (χ0n) is 16.6. The van der Waals surface area contributed by atoms with Crippen LogP contribution in [-0.4, -0.2) is 36.9 Å². The molecule has 1 aliphatic rings. The highest BCUT2D eigenvalue weighted by atomic mass is 16.3. The van der Waals surface area contributed by atoms with E-state index in [-0.39, 0.29) is 11.9 Å². The molecule has 4 aromatic rings. The summed E-state index contributed by atoms with van der Waals surface area (Å²) in [7, 11) is 0. The molecule has 0 N–H and O–H groups in total. The van der Waals surface area contributed by atoms with Gasteiger partial charge in [-0.3, -0.25) is 4.79 Å². The van der Waals surface area contributed by atoms with Crippen LogP contribution >= 0.6 is 0 Å². The number of aromatic nitrogens is 4. The number of rotatable bonds is 4. The molecular formula is C22H23N5O2. The van der Waals surface area contributed by atoms with E-state index in [1.165, 1.54) is 5.56 Å². The lowest BCUT2D eigenvalue weighted by Crippen LogP contribution is -2.38. The molecule has 1 saturated carbocycles. The van der Waals surface area contributed by atoms with Gasteiger partial charge in [-0.2, -0.15) is 4.52 Å². The van der Waals surface area contributed by atoms with Gasteiger partial charge in [0.05, 0.1) is 18.3 Å². The summed E-state index contributed by atoms with van der Waals surface area (Å²) < 4.78 is 7.21. The Labute approximate surface area is 168 Å². The lowest BCUT2D eigenvalue weighted by Gasteiger charge is -2.28. The summed E-state index contributed by atoms with van der Waals surface area (Å²) in [5, 5.41) is 13.5. The smallest absolute Gasteiger partial charge is 0.290 e. The molecule has 1 aromatic carbocycles. The number of tetrazole rings is 1. The number of amides is 1. The number of fused-ring (bicyclic) bond motifs is 3. The van der Waals surface area contributed by atoms with Crippen LogP contribution in [0.25, 0.3) is 16.6 Å². The largest absolute Gasteiger partial charge is 0.459 e. The molecule has 0 unspecified atom stereocenters. The van der Waals surface area contributed by atoms with Crippen molar-refractivity contribution < 1.29 is 9.21 Å². The lowest BCUT2D eigenvalue weighted by molar-refractivity contribution is 0.0632. The van der Waals surface area contributed by atoms with Crippen LogP contribution in [0.3, 0.4) is 0 Å². The van der Waals surface area contributed by atoms with E-state index in [4.69, 9.17) is 4.42 Å². The average molecular weight is 389 g/mol. The number of benzene rings is 1. The van der Waals surface area contributed by atoms with Crippen molar-refractivity contribution in [1.82, 2.24) is 24.9 Å². The molecule has 3 aromatic heterocycles. The average Bonchev–Trinajstić information content (AvgIpc) is 3.49. The van der Waals surface area contributed by atoms with E-state index in [1.807, 2.05) is 4.90 Å². The highest BCUT2D eigenvalue weighted by molar-refractivity contribution is 5.92. The van der Waals surface area contributed by atoms with E-state index < -0.39 is 0 Å². The van der Waals surface area contributed by atoms with Crippen molar-refractivity contribution in [1.29, 1.82) is 0 Å². The fourth-order valence-corrected chi connectivity index (χ4v) is 4.43. The highest BCUT2D eigenvalue weighted by Crippen LogP contribution is 2.29. The summed E-state index contributed by atoms with van der Waals surface area (Å²) in [6.45, 7) is 4.63. The van der Waals surface area contributed by atoms with Crippen LogP contribution in [0.5, 0.6) is 0 Å². The topological polar surface area (TPSA) is 76.5 Å². The zero-order chi connectivity index (χ0) is 20.0. The summed E-state index contributed by atoms with van der Waals surface area (Å²) in [5.41, 5.74) is 5.01. The molecule has 1 amide bonds. The molecule has 0 radical (unpaired) electrons. The Hall–Kier alpha value is -3.22. The number of hydrogen-bond acceptors (Lipinski definition) is 5. The number of pyridine rings is 1. The predicted molar refractivity (Wildman–Crippen MR) is 109 cm³/mol. The Morgan fingerprint density at radius 2 is 2.07 bits per heavy atom. The lowest BCUT2D eigenvalue weighted by atomic mass is 10.0. The first-order valence-corrected chi connectivity index (χ1v) is 10.1. The number of hydrogen-bond donors (Lipinski definition) is 0. The van der Waals surface area contributed by atoms with E-state index in [2.05, 4.69) is 47.6 Å². The van der Waals surface area contributed by atoms with Gasteiger partial charge in [0.25, 0.3) is 5.91 Å². The molecule has 7 nitrogen and oxygen atoms in total. The fourth-order valence-electron chi connectivity index (χ4n) is 4.43. The molecule has 7 heteroatoms. The van der Waals surface area contributed by atoms with Gasteiger partial charge in [-0.1, -0.05) is 25.0 Å². The molecule has 0 spiro atoms. The van der Waals surface area contributed by atoms with Crippen molar-refractivity contribution in [2.75, 3.05) is 0 Å². The third kappa shape index (κ3) is 2.97. The normalized spacial score (nSPS) is 14.8. The Bertz CT molecular complexity index is 1190. The molecule has 1 aliphatic carbocycles. The molecule has 0 bridgehead atoms. The van der Waals surface area contributed by atoms with E-state index in [1.54, 1.807) is 22.9 Å². The van der Waals surface area contributed by atoms with Crippen molar-refractivity contribution in [3.63, 3.8) is 0 Å². The van der Waals surface area contributed by atoms with Gasteiger partial charge in [0.15, 0.2) is 11.4 Å². The van der Waals surface area contributed by atoms with Gasteiger partial charge in [0.1, 0.15) is 0 Å². The molecule has 29 heavy (non-hydrogen) atoms. The molecular weight excluding hydrogens is 366 g/mol. The first-order chi connectivity index (χ1) is 14.1. The third-order valence-corrected chi connectivity index (χ3v) is 6.13. The standard InChI is InChI=1S/C22H23N5O2/c1-14-9-10-16-12-17(21-23-24-25-27(21)20(16)15(14)2)13-26(18-6-3-4-7-18)22(28)19-8-5-11-29-19/h5,8-12,18H,3-4,6-7,13H2,1-2H3. The second kappa shape index (κ2) is 6.99. The van der Waals surface area contributed by atoms with Crippen LogP contribution in [0.2, 0.25) is 0 Å². The van der Waals surface area contributed by atoms with E-state index in [0.717, 1.165) is 47.7 Å². The number of aryl methyl sites for hydroxylation is 2. The van der Waals surface area contributed by atoms with Crippen LogP contribution in [0.15, 0.2) is 41.0 Å². The minimum absolute atomic E-state index is 0.0762. The van der Waals surface area contributed by atoms with E-state index in [9.17, 15) is 4.79 Å². The van der Waals surface area contributed by atoms with E-state index in [0.29, 0.717) is 18.0 Å². The summed E-state index contributed by atoms with van der Waals surface area (Å²) >= 11 is 0. The number of carbonyl (C=O) groups excluding carboxylic acids is 1. The second-order valence-electron chi connectivity index (χ2n) is 7.88. The van der Waals surface area contributed by atoms with Crippen molar-refractivity contribution in [3.05, 3.63) is 59.0 Å². The number of carbonyl (C=O) groups is 1. The van der Waals surface area contributed by atoms with Crippen molar-refractivity contribution in [3.8, 4) is 0 Å². The van der Waals surface area contributed by atoms with Gasteiger partial charge in [-0.25, -0.2) is 0 Å². The van der Waals surface area contributed by atoms with Gasteiger partial charge in [0, 0.05) is 17.0 Å². The molecule has 5 rings (SSSR count). The maximum Gasteiger partial charge on any atom is 0.290 e. The zero-order valence-corrected chi connectivity index (χ0v) is 16.6. The van der Waals surface area contributed by atoms with Crippen molar-refractivity contribution in [2.45, 2.75) is 52.1 Å². The minimum Gasteiger partial charge on any atom is -0.459 e. The van der Waals surface area contributed by atoms with Crippen LogP contribution < -0.4 is 0 Å². The molecule has 148 valence electrons. The van der Waals surface area contributed by atoms with Gasteiger partial charge >= 0.3 is 0 Å². The van der Waals surface area contributed by atoms with Crippen LogP contribution in [0.4, 0.5) is 0 Å². The number of furan rings is 1. The summed E-state index contributed by atoms with van der Waals surface area (Å²) in [6, 6.07) is 10.0. The highest BCUT2D eigenvalue weighted by Gasteiger charge is 2.30. The molecule has 0 saturated heterocycles. The Morgan fingerprint density at radius 3 is 2.83 bits per heavy atom. The first kappa shape index (κ1) is 17.8. The Balaban J connectivity index is 1.62. The van der Waals surface area contributed by atoms with Crippen LogP contribution in [0, 0.1) is 13.8 Å². The van der Waals surface area contributed by atoms with Gasteiger partial charge in [-0.05, 0) is 66.4 Å². The number of nitrogens with zero attached hydrogens (tertiary/aromatic N) is 5. The van der Waals surface area contributed by atoms with Crippen LogP contribution in [0.1, 0.15) is 52.9 Å². The second-order valence-corrected chi connectivity index (χ2v) is 7.88. The van der Waals surface area contributed by atoms with Crippen LogP contribution in [-0.2, 0) is 6.54 Å². The summed E-state index contributed by atoms with van der Waals surface area (Å²) in [4.78, 5) is 15.1. The third-order valence-electron chi connectivity index (χ3n) is 6.13. The quantitative estimate of drug-likeness (QED) is 0.526. The Kier molecular flexibility index (Phi) is 4.30.